The van der Waals surface area contributed by atoms with Gasteiger partial charge in [0.1, 0.15) is 18.3 Å². The highest BCUT2D eigenvalue weighted by atomic mass is 16.5. The number of unbranched alkanes of at least 4 members (excludes halogenated alkanes) is 7. The lowest BCUT2D eigenvalue weighted by Crippen LogP contribution is -2.02. The van der Waals surface area contributed by atoms with Crippen molar-refractivity contribution in [3.05, 3.63) is 35.9 Å². The van der Waals surface area contributed by atoms with Crippen molar-refractivity contribution in [1.82, 2.24) is 0 Å². The molecule has 0 N–H and O–H groups in total. The predicted molar refractivity (Wildman–Crippen MR) is 106 cm³/mol. The summed E-state index contributed by atoms with van der Waals surface area (Å²) >= 11 is 0. The third-order valence-corrected chi connectivity index (χ3v) is 3.99. The Labute approximate surface area is 161 Å². The molecule has 0 amide bonds. The van der Waals surface area contributed by atoms with Gasteiger partial charge in [-0.05, 0) is 49.5 Å². The first-order valence-corrected chi connectivity index (χ1v) is 9.71. The van der Waals surface area contributed by atoms with Gasteiger partial charge in [-0.15, -0.1) is 0 Å². The second-order valence-corrected chi connectivity index (χ2v) is 6.30. The second kappa shape index (κ2) is 15.8. The number of rotatable bonds is 16. The molecule has 0 saturated heterocycles. The zero-order valence-corrected chi connectivity index (χ0v) is 15.9. The molecule has 0 fully saturated rings. The Kier molecular flexibility index (Phi) is 13.2. The predicted octanol–water partition coefficient (Wildman–Crippen LogP) is 4.53. The van der Waals surface area contributed by atoms with E-state index in [4.69, 9.17) is 9.47 Å². The molecule has 0 aliphatic rings. The van der Waals surface area contributed by atoms with Crippen LogP contribution in [0.4, 0.5) is 0 Å². The fraction of sp³-hybridized carbons (Fsp3) is 0.500. The molecule has 0 bridgehead atoms. The number of benzene rings is 1. The Hall–Kier alpha value is -2.43. The molecule has 0 spiro atoms. The minimum atomic E-state index is -0.341. The van der Waals surface area contributed by atoms with Crippen molar-refractivity contribution in [2.75, 3.05) is 13.2 Å². The lowest BCUT2D eigenvalue weighted by atomic mass is 10.1. The van der Waals surface area contributed by atoms with E-state index in [1.807, 2.05) is 24.3 Å². The van der Waals surface area contributed by atoms with Crippen LogP contribution in [0.15, 0.2) is 30.3 Å². The van der Waals surface area contributed by atoms with Gasteiger partial charge in [-0.2, -0.15) is 0 Å². The SMILES string of the molecule is O=CCCCCCCCOC(=O)C=Cc1ccc(OCCCCC=O)cc1. The Morgan fingerprint density at radius 3 is 2.07 bits per heavy atom. The van der Waals surface area contributed by atoms with E-state index >= 15 is 0 Å². The van der Waals surface area contributed by atoms with Gasteiger partial charge in [0.05, 0.1) is 13.2 Å². The summed E-state index contributed by atoms with van der Waals surface area (Å²) in [6.45, 7) is 1.01. The number of esters is 1. The van der Waals surface area contributed by atoms with Crippen LogP contribution in [-0.2, 0) is 19.1 Å². The minimum Gasteiger partial charge on any atom is -0.494 e. The van der Waals surface area contributed by atoms with Crippen molar-refractivity contribution in [2.24, 2.45) is 0 Å². The standard InChI is InChI=1S/C22H30O5/c23-16-6-3-1-2-4-8-19-27-22(25)15-12-20-10-13-21(14-11-20)26-18-9-5-7-17-24/h10-17H,1-9,18-19H2. The normalized spacial score (nSPS) is 10.7. The third-order valence-electron chi connectivity index (χ3n) is 3.99. The van der Waals surface area contributed by atoms with E-state index in [0.29, 0.717) is 26.1 Å². The molecule has 27 heavy (non-hydrogen) atoms. The molecule has 1 aromatic carbocycles. The average molecular weight is 374 g/mol. The first kappa shape index (κ1) is 22.6. The highest BCUT2D eigenvalue weighted by Crippen LogP contribution is 2.14. The maximum absolute atomic E-state index is 11.7. The van der Waals surface area contributed by atoms with E-state index in [1.54, 1.807) is 6.08 Å². The molecule has 0 radical (unpaired) electrons. The molecule has 0 aromatic heterocycles. The number of ether oxygens (including phenoxy) is 2. The van der Waals surface area contributed by atoms with Crippen molar-refractivity contribution in [3.63, 3.8) is 0 Å². The van der Waals surface area contributed by atoms with Crippen molar-refractivity contribution >= 4 is 24.6 Å². The van der Waals surface area contributed by atoms with Crippen LogP contribution in [0.5, 0.6) is 5.75 Å². The van der Waals surface area contributed by atoms with Gasteiger partial charge in [0.25, 0.3) is 0 Å². The van der Waals surface area contributed by atoms with E-state index in [-0.39, 0.29) is 5.97 Å². The summed E-state index contributed by atoms with van der Waals surface area (Å²) in [5, 5.41) is 0. The summed E-state index contributed by atoms with van der Waals surface area (Å²) < 4.78 is 10.8. The zero-order valence-electron chi connectivity index (χ0n) is 15.9. The van der Waals surface area contributed by atoms with Gasteiger partial charge in [-0.1, -0.05) is 31.4 Å². The first-order valence-electron chi connectivity index (χ1n) is 9.71. The average Bonchev–Trinajstić information content (AvgIpc) is 2.69. The highest BCUT2D eigenvalue weighted by Gasteiger charge is 1.98. The summed E-state index contributed by atoms with van der Waals surface area (Å²) in [7, 11) is 0. The van der Waals surface area contributed by atoms with E-state index in [9.17, 15) is 14.4 Å². The van der Waals surface area contributed by atoms with Gasteiger partial charge < -0.3 is 19.1 Å². The zero-order chi connectivity index (χ0) is 19.6. The van der Waals surface area contributed by atoms with Crippen molar-refractivity contribution in [1.29, 1.82) is 0 Å². The van der Waals surface area contributed by atoms with Gasteiger partial charge in [0.2, 0.25) is 0 Å². The molecule has 0 heterocycles. The number of aldehydes is 2. The van der Waals surface area contributed by atoms with Crippen LogP contribution in [0.1, 0.15) is 63.4 Å². The second-order valence-electron chi connectivity index (χ2n) is 6.30. The molecular weight excluding hydrogens is 344 g/mol. The van der Waals surface area contributed by atoms with Crippen LogP contribution in [0.25, 0.3) is 6.08 Å². The molecule has 0 saturated carbocycles. The fourth-order valence-corrected chi connectivity index (χ4v) is 2.44. The molecule has 0 unspecified atom stereocenters. The van der Waals surface area contributed by atoms with E-state index in [0.717, 1.165) is 68.8 Å². The summed E-state index contributed by atoms with van der Waals surface area (Å²) in [6, 6.07) is 7.47. The van der Waals surface area contributed by atoms with Crippen molar-refractivity contribution < 1.29 is 23.9 Å². The Morgan fingerprint density at radius 2 is 1.37 bits per heavy atom. The number of hydrogen-bond acceptors (Lipinski definition) is 5. The smallest absolute Gasteiger partial charge is 0.330 e. The van der Waals surface area contributed by atoms with Crippen LogP contribution in [0, 0.1) is 0 Å². The molecule has 148 valence electrons. The lowest BCUT2D eigenvalue weighted by molar-refractivity contribution is -0.137. The minimum absolute atomic E-state index is 0.341. The van der Waals surface area contributed by atoms with Crippen LogP contribution in [-0.4, -0.2) is 31.8 Å². The monoisotopic (exact) mass is 374 g/mol. The summed E-state index contributed by atoms with van der Waals surface area (Å²) in [5.41, 5.74) is 0.899. The molecule has 5 nitrogen and oxygen atoms in total. The maximum Gasteiger partial charge on any atom is 0.330 e. The van der Waals surface area contributed by atoms with Gasteiger partial charge in [0.15, 0.2) is 0 Å². The molecule has 0 aliphatic heterocycles. The van der Waals surface area contributed by atoms with Crippen LogP contribution in [0.2, 0.25) is 0 Å². The molecule has 1 aromatic rings. The maximum atomic E-state index is 11.7. The quantitative estimate of drug-likeness (QED) is 0.184. The molecular formula is C22H30O5. The molecule has 0 aliphatic carbocycles. The largest absolute Gasteiger partial charge is 0.494 e. The summed E-state index contributed by atoms with van der Waals surface area (Å²) in [4.78, 5) is 32.1. The van der Waals surface area contributed by atoms with Gasteiger partial charge in [-0.25, -0.2) is 4.79 Å². The molecule has 0 atom stereocenters. The van der Waals surface area contributed by atoms with Crippen molar-refractivity contribution in [2.45, 2.75) is 57.8 Å². The Bertz CT molecular complexity index is 563. The lowest BCUT2D eigenvalue weighted by Gasteiger charge is -2.05. The molecule has 5 heteroatoms. The van der Waals surface area contributed by atoms with E-state index < -0.39 is 0 Å². The van der Waals surface area contributed by atoms with E-state index in [2.05, 4.69) is 0 Å². The number of carbonyl (C=O) groups excluding carboxylic acids is 3. The number of carbonyl (C=O) groups is 3. The van der Waals surface area contributed by atoms with Crippen molar-refractivity contribution in [3.8, 4) is 5.75 Å². The Balaban J connectivity index is 2.15. The van der Waals surface area contributed by atoms with Crippen LogP contribution < -0.4 is 4.74 Å². The van der Waals surface area contributed by atoms with Gasteiger partial charge in [-0.3, -0.25) is 0 Å². The number of hydrogen-bond donors (Lipinski definition) is 0. The van der Waals surface area contributed by atoms with Gasteiger partial charge >= 0.3 is 5.97 Å². The fourth-order valence-electron chi connectivity index (χ4n) is 2.44. The molecule has 1 rings (SSSR count). The summed E-state index contributed by atoms with van der Waals surface area (Å²) in [6.07, 6.45) is 12.8. The van der Waals surface area contributed by atoms with Crippen LogP contribution in [0.3, 0.4) is 0 Å². The first-order chi connectivity index (χ1) is 13.3. The van der Waals surface area contributed by atoms with E-state index in [1.165, 1.54) is 6.08 Å². The summed E-state index contributed by atoms with van der Waals surface area (Å²) in [5.74, 6) is 0.431. The van der Waals surface area contributed by atoms with Gasteiger partial charge in [0, 0.05) is 18.9 Å². The third kappa shape index (κ3) is 12.5. The Morgan fingerprint density at radius 1 is 0.778 bits per heavy atom. The van der Waals surface area contributed by atoms with Crippen LogP contribution >= 0.6 is 0 Å². The highest BCUT2D eigenvalue weighted by molar-refractivity contribution is 5.87. The topological polar surface area (TPSA) is 69.7 Å².